The molecule has 0 spiro atoms. The summed E-state index contributed by atoms with van der Waals surface area (Å²) in [6.07, 6.45) is 6.45. The fourth-order valence-electron chi connectivity index (χ4n) is 4.53. The van der Waals surface area contributed by atoms with Crippen molar-refractivity contribution in [3.8, 4) is 0 Å². The van der Waals surface area contributed by atoms with Crippen LogP contribution in [0.25, 0.3) is 0 Å². The Morgan fingerprint density at radius 1 is 1.04 bits per heavy atom. The van der Waals surface area contributed by atoms with Crippen molar-refractivity contribution >= 4 is 17.7 Å². The van der Waals surface area contributed by atoms with E-state index in [4.69, 9.17) is 4.74 Å². The molecule has 2 bridgehead atoms. The number of morpholine rings is 1. The van der Waals surface area contributed by atoms with Gasteiger partial charge in [-0.05, 0) is 24.7 Å². The quantitative estimate of drug-likeness (QED) is 0.559. The molecule has 5 rings (SSSR count). The second-order valence-electron chi connectivity index (χ2n) is 6.91. The van der Waals surface area contributed by atoms with Crippen molar-refractivity contribution in [3.63, 3.8) is 0 Å². The number of fused-ring (bicyclic) bond motifs is 1. The predicted molar refractivity (Wildman–Crippen MR) is 81.1 cm³/mol. The molecule has 3 aliphatic carbocycles. The third kappa shape index (κ3) is 2.40. The zero-order chi connectivity index (χ0) is 16.0. The highest BCUT2D eigenvalue weighted by Gasteiger charge is 2.56. The number of amides is 3. The Hall–Kier alpha value is -1.69. The minimum atomic E-state index is -0.176. The number of imide groups is 1. The lowest BCUT2D eigenvalue weighted by atomic mass is 9.63. The molecule has 4 atom stereocenters. The molecule has 1 saturated carbocycles. The van der Waals surface area contributed by atoms with Crippen molar-refractivity contribution in [2.24, 2.45) is 23.7 Å². The number of rotatable bonds is 3. The fourth-order valence-corrected chi connectivity index (χ4v) is 4.53. The molecule has 0 N–H and O–H groups in total. The number of carbonyl (C=O) groups excluding carboxylic acids is 3. The van der Waals surface area contributed by atoms with E-state index in [2.05, 4.69) is 12.2 Å². The molecule has 3 amide bonds. The first-order chi connectivity index (χ1) is 11.2. The van der Waals surface area contributed by atoms with Gasteiger partial charge in [0.05, 0.1) is 25.0 Å². The molecular weight excluding hydrogens is 296 g/mol. The van der Waals surface area contributed by atoms with E-state index < -0.39 is 0 Å². The highest BCUT2D eigenvalue weighted by Crippen LogP contribution is 2.49. The Morgan fingerprint density at radius 3 is 2.13 bits per heavy atom. The molecule has 5 aliphatic rings. The van der Waals surface area contributed by atoms with E-state index in [0.717, 1.165) is 12.8 Å². The number of likely N-dealkylation sites (tertiary alicyclic amines) is 1. The van der Waals surface area contributed by atoms with E-state index in [-0.39, 0.29) is 54.4 Å². The van der Waals surface area contributed by atoms with Gasteiger partial charge in [0.2, 0.25) is 17.7 Å². The van der Waals surface area contributed by atoms with E-state index in [1.807, 2.05) is 0 Å². The molecule has 2 saturated heterocycles. The van der Waals surface area contributed by atoms with Crippen LogP contribution in [-0.2, 0) is 19.1 Å². The molecule has 3 fully saturated rings. The van der Waals surface area contributed by atoms with Crippen LogP contribution in [0.3, 0.4) is 0 Å². The third-order valence-corrected chi connectivity index (χ3v) is 5.76. The second-order valence-corrected chi connectivity index (χ2v) is 6.91. The Balaban J connectivity index is 1.41. The summed E-state index contributed by atoms with van der Waals surface area (Å²) in [6, 6.07) is 0. The molecule has 2 aliphatic heterocycles. The first-order valence-corrected chi connectivity index (χ1v) is 8.56. The fraction of sp³-hybridized carbons (Fsp3) is 0.706. The molecule has 2 heterocycles. The third-order valence-electron chi connectivity index (χ3n) is 5.76. The Kier molecular flexibility index (Phi) is 3.71. The maximum atomic E-state index is 12.7. The van der Waals surface area contributed by atoms with E-state index in [1.54, 1.807) is 4.90 Å². The van der Waals surface area contributed by atoms with E-state index >= 15 is 0 Å². The lowest BCUT2D eigenvalue weighted by Gasteiger charge is -2.38. The van der Waals surface area contributed by atoms with Crippen LogP contribution in [0.2, 0.25) is 0 Å². The molecular formula is C17H22N2O4. The minimum absolute atomic E-state index is 0.00451. The van der Waals surface area contributed by atoms with Gasteiger partial charge in [-0.1, -0.05) is 12.2 Å². The second kappa shape index (κ2) is 5.74. The maximum Gasteiger partial charge on any atom is 0.233 e. The van der Waals surface area contributed by atoms with E-state index in [0.29, 0.717) is 26.3 Å². The lowest BCUT2D eigenvalue weighted by Crippen LogP contribution is -2.42. The van der Waals surface area contributed by atoms with Crippen LogP contribution >= 0.6 is 0 Å². The van der Waals surface area contributed by atoms with Crippen molar-refractivity contribution in [2.45, 2.75) is 19.3 Å². The highest BCUT2D eigenvalue weighted by atomic mass is 16.5. The van der Waals surface area contributed by atoms with Gasteiger partial charge >= 0.3 is 0 Å². The standard InChI is InChI=1S/C17H22N2O4/c20-13(18-7-9-23-10-8-18)5-6-19-16(21)14-11-1-2-12(4-3-11)15(14)17(19)22/h1-2,11-12,14-15H,3-10H2. The number of hydrogen-bond donors (Lipinski definition) is 0. The summed E-state index contributed by atoms with van der Waals surface area (Å²) >= 11 is 0. The summed E-state index contributed by atoms with van der Waals surface area (Å²) in [5.74, 6) is -0.0511. The van der Waals surface area contributed by atoms with Gasteiger partial charge in [-0.25, -0.2) is 0 Å². The maximum absolute atomic E-state index is 12.7. The molecule has 6 heteroatoms. The Bertz CT molecular complexity index is 535. The normalized spacial score (nSPS) is 35.8. The van der Waals surface area contributed by atoms with Gasteiger partial charge in [0.15, 0.2) is 0 Å². The number of carbonyl (C=O) groups is 3. The molecule has 0 aromatic carbocycles. The van der Waals surface area contributed by atoms with Crippen molar-refractivity contribution in [2.75, 3.05) is 32.8 Å². The smallest absolute Gasteiger partial charge is 0.233 e. The predicted octanol–water partition coefficient (Wildman–Crippen LogP) is 0.433. The highest BCUT2D eigenvalue weighted by molar-refractivity contribution is 6.06. The van der Waals surface area contributed by atoms with Crippen LogP contribution < -0.4 is 0 Å². The Morgan fingerprint density at radius 2 is 1.61 bits per heavy atom. The summed E-state index contributed by atoms with van der Waals surface area (Å²) in [4.78, 5) is 40.7. The van der Waals surface area contributed by atoms with Crippen molar-refractivity contribution in [1.82, 2.24) is 9.80 Å². The van der Waals surface area contributed by atoms with Crippen LogP contribution in [0.15, 0.2) is 12.2 Å². The van der Waals surface area contributed by atoms with Gasteiger partial charge in [0.25, 0.3) is 0 Å². The van der Waals surface area contributed by atoms with Crippen LogP contribution in [0.1, 0.15) is 19.3 Å². The number of nitrogens with zero attached hydrogens (tertiary/aromatic N) is 2. The molecule has 0 aromatic heterocycles. The molecule has 0 aromatic rings. The SMILES string of the molecule is O=C(CCN1C(=O)C2C3C=CC(CC3)C2C1=O)N1CCOCC1. The Labute approximate surface area is 135 Å². The van der Waals surface area contributed by atoms with Crippen molar-refractivity contribution in [3.05, 3.63) is 12.2 Å². The van der Waals surface area contributed by atoms with Gasteiger partial charge in [-0.15, -0.1) is 0 Å². The van der Waals surface area contributed by atoms with Gasteiger partial charge < -0.3 is 9.64 Å². The summed E-state index contributed by atoms with van der Waals surface area (Å²) in [6.45, 7) is 2.54. The molecule has 23 heavy (non-hydrogen) atoms. The molecule has 6 nitrogen and oxygen atoms in total. The first kappa shape index (κ1) is 14.9. The summed E-state index contributed by atoms with van der Waals surface area (Å²) in [5, 5.41) is 0. The lowest BCUT2D eigenvalue weighted by molar-refractivity contribution is -0.141. The average molecular weight is 318 g/mol. The topological polar surface area (TPSA) is 66.9 Å². The summed E-state index contributed by atoms with van der Waals surface area (Å²) < 4.78 is 5.24. The molecule has 4 unspecified atom stereocenters. The number of hydrogen-bond acceptors (Lipinski definition) is 4. The van der Waals surface area contributed by atoms with Crippen LogP contribution in [0.5, 0.6) is 0 Å². The van der Waals surface area contributed by atoms with Crippen LogP contribution in [0, 0.1) is 23.7 Å². The summed E-state index contributed by atoms with van der Waals surface area (Å²) in [7, 11) is 0. The van der Waals surface area contributed by atoms with E-state index in [9.17, 15) is 14.4 Å². The zero-order valence-corrected chi connectivity index (χ0v) is 13.1. The molecule has 0 radical (unpaired) electrons. The largest absolute Gasteiger partial charge is 0.378 e. The van der Waals surface area contributed by atoms with Gasteiger partial charge in [-0.3, -0.25) is 19.3 Å². The first-order valence-electron chi connectivity index (χ1n) is 8.56. The number of allylic oxidation sites excluding steroid dienone is 2. The van der Waals surface area contributed by atoms with Gasteiger partial charge in [0, 0.05) is 26.1 Å². The minimum Gasteiger partial charge on any atom is -0.378 e. The van der Waals surface area contributed by atoms with E-state index in [1.165, 1.54) is 4.90 Å². The number of ether oxygens (including phenoxy) is 1. The monoisotopic (exact) mass is 318 g/mol. The van der Waals surface area contributed by atoms with Gasteiger partial charge in [0.1, 0.15) is 0 Å². The van der Waals surface area contributed by atoms with Crippen LogP contribution in [-0.4, -0.2) is 60.4 Å². The average Bonchev–Trinajstić information content (AvgIpc) is 2.88. The molecule has 124 valence electrons. The van der Waals surface area contributed by atoms with Crippen LogP contribution in [0.4, 0.5) is 0 Å². The van der Waals surface area contributed by atoms with Crippen molar-refractivity contribution < 1.29 is 19.1 Å². The van der Waals surface area contributed by atoms with Gasteiger partial charge in [-0.2, -0.15) is 0 Å². The summed E-state index contributed by atoms with van der Waals surface area (Å²) in [5.41, 5.74) is 0. The zero-order valence-electron chi connectivity index (χ0n) is 13.1. The van der Waals surface area contributed by atoms with Crippen molar-refractivity contribution in [1.29, 1.82) is 0 Å².